The molecule has 0 radical (unpaired) electrons. The lowest BCUT2D eigenvalue weighted by Crippen LogP contribution is -2.29. The molecule has 2 unspecified atom stereocenters. The number of likely N-dealkylation sites (tertiary alicyclic amines) is 1. The van der Waals surface area contributed by atoms with E-state index in [1.54, 1.807) is 0 Å². The Bertz CT molecular complexity index is 527. The number of nitrogens with zero attached hydrogens (tertiary/aromatic N) is 1. The predicted octanol–water partition coefficient (Wildman–Crippen LogP) is 2.45. The zero-order chi connectivity index (χ0) is 14.5. The van der Waals surface area contributed by atoms with Crippen molar-refractivity contribution >= 4 is 0 Å². The summed E-state index contributed by atoms with van der Waals surface area (Å²) in [6.45, 7) is 7.86. The fourth-order valence-electron chi connectivity index (χ4n) is 3.39. The minimum Gasteiger partial charge on any atom is -0.449 e. The van der Waals surface area contributed by atoms with Gasteiger partial charge in [-0.3, -0.25) is 4.90 Å². The molecule has 0 aliphatic carbocycles. The molecule has 0 aromatic heterocycles. The smallest absolute Gasteiger partial charge is 0.246 e. The van der Waals surface area contributed by atoms with Crippen LogP contribution in [0.25, 0.3) is 0 Å². The van der Waals surface area contributed by atoms with Crippen LogP contribution in [0, 0.1) is 12.8 Å². The van der Waals surface area contributed by atoms with E-state index in [2.05, 4.69) is 31.0 Å². The van der Waals surface area contributed by atoms with Crippen molar-refractivity contribution in [1.29, 1.82) is 0 Å². The molecular weight excluding hydrogens is 252 g/mol. The molecule has 0 bridgehead atoms. The van der Waals surface area contributed by atoms with Gasteiger partial charge in [-0.25, -0.2) is 0 Å². The Labute approximate surface area is 120 Å². The van der Waals surface area contributed by atoms with Crippen LogP contribution in [0.1, 0.15) is 37.4 Å². The van der Waals surface area contributed by atoms with Crippen molar-refractivity contribution in [3.63, 3.8) is 0 Å². The standard InChI is InChI=1S/C16H24N2O2/c1-10-5-14-15(20-16(2,3)19-14)7-12(10)13-6-11(8-17)9-18(13)4/h5,7,11,13H,6,8-9,17H2,1-4H3. The predicted molar refractivity (Wildman–Crippen MR) is 79.0 cm³/mol. The Morgan fingerprint density at radius 3 is 2.55 bits per heavy atom. The molecule has 3 rings (SSSR count). The quantitative estimate of drug-likeness (QED) is 0.901. The summed E-state index contributed by atoms with van der Waals surface area (Å²) in [7, 11) is 2.17. The van der Waals surface area contributed by atoms with Gasteiger partial charge in [-0.2, -0.15) is 0 Å². The highest BCUT2D eigenvalue weighted by Gasteiger charge is 2.35. The van der Waals surface area contributed by atoms with Crippen LogP contribution in [0.15, 0.2) is 12.1 Å². The average molecular weight is 276 g/mol. The molecule has 2 aliphatic heterocycles. The maximum absolute atomic E-state index is 5.87. The Morgan fingerprint density at radius 2 is 1.95 bits per heavy atom. The highest BCUT2D eigenvalue weighted by molar-refractivity contribution is 5.50. The minimum absolute atomic E-state index is 0.432. The number of aryl methyl sites for hydroxylation is 1. The first kappa shape index (κ1) is 13.7. The van der Waals surface area contributed by atoms with E-state index in [1.807, 2.05) is 13.8 Å². The molecule has 1 saturated heterocycles. The van der Waals surface area contributed by atoms with Gasteiger partial charge in [0, 0.05) is 26.4 Å². The normalized spacial score (nSPS) is 28.1. The zero-order valence-corrected chi connectivity index (χ0v) is 12.8. The van der Waals surface area contributed by atoms with Crippen molar-refractivity contribution < 1.29 is 9.47 Å². The first-order valence-corrected chi connectivity index (χ1v) is 7.32. The van der Waals surface area contributed by atoms with Gasteiger partial charge >= 0.3 is 0 Å². The second kappa shape index (κ2) is 4.64. The van der Waals surface area contributed by atoms with Gasteiger partial charge in [-0.1, -0.05) is 0 Å². The van der Waals surface area contributed by atoms with Crippen LogP contribution in [-0.2, 0) is 0 Å². The van der Waals surface area contributed by atoms with E-state index in [9.17, 15) is 0 Å². The lowest BCUT2D eigenvalue weighted by atomic mass is 9.96. The van der Waals surface area contributed by atoms with Gasteiger partial charge < -0.3 is 15.2 Å². The average Bonchev–Trinajstić information content (AvgIpc) is 2.86. The summed E-state index contributed by atoms with van der Waals surface area (Å²) >= 11 is 0. The van der Waals surface area contributed by atoms with E-state index in [0.29, 0.717) is 12.0 Å². The summed E-state index contributed by atoms with van der Waals surface area (Å²) in [4.78, 5) is 2.40. The van der Waals surface area contributed by atoms with E-state index in [0.717, 1.165) is 31.0 Å². The van der Waals surface area contributed by atoms with Crippen LogP contribution < -0.4 is 15.2 Å². The topological polar surface area (TPSA) is 47.7 Å². The largest absolute Gasteiger partial charge is 0.449 e. The third-order valence-corrected chi connectivity index (χ3v) is 4.37. The van der Waals surface area contributed by atoms with Crippen LogP contribution in [0.4, 0.5) is 0 Å². The molecule has 1 fully saturated rings. The van der Waals surface area contributed by atoms with Gasteiger partial charge in [0.05, 0.1) is 0 Å². The molecule has 0 saturated carbocycles. The minimum atomic E-state index is -0.561. The highest BCUT2D eigenvalue weighted by Crippen LogP contribution is 2.44. The summed E-state index contributed by atoms with van der Waals surface area (Å²) in [6.07, 6.45) is 1.12. The summed E-state index contributed by atoms with van der Waals surface area (Å²) in [5.74, 6) is 1.74. The van der Waals surface area contributed by atoms with Crippen molar-refractivity contribution in [2.24, 2.45) is 11.7 Å². The molecule has 0 spiro atoms. The molecule has 1 aromatic rings. The monoisotopic (exact) mass is 276 g/mol. The Morgan fingerprint density at radius 1 is 1.30 bits per heavy atom. The summed E-state index contributed by atoms with van der Waals surface area (Å²) in [5.41, 5.74) is 8.43. The van der Waals surface area contributed by atoms with Gasteiger partial charge in [-0.05, 0) is 56.1 Å². The second-order valence-corrected chi connectivity index (χ2v) is 6.55. The Balaban J connectivity index is 1.93. The number of nitrogens with two attached hydrogens (primary N) is 1. The van der Waals surface area contributed by atoms with Crippen molar-refractivity contribution in [3.8, 4) is 11.5 Å². The van der Waals surface area contributed by atoms with Crippen molar-refractivity contribution in [3.05, 3.63) is 23.3 Å². The highest BCUT2D eigenvalue weighted by atomic mass is 16.7. The third kappa shape index (κ3) is 2.27. The van der Waals surface area contributed by atoms with Gasteiger partial charge in [0.2, 0.25) is 5.79 Å². The molecule has 2 atom stereocenters. The second-order valence-electron chi connectivity index (χ2n) is 6.55. The Hall–Kier alpha value is -1.26. The van der Waals surface area contributed by atoms with Gasteiger partial charge in [0.15, 0.2) is 11.5 Å². The van der Waals surface area contributed by atoms with Crippen LogP contribution in [0.2, 0.25) is 0 Å². The third-order valence-electron chi connectivity index (χ3n) is 4.37. The molecule has 4 nitrogen and oxygen atoms in total. The first-order valence-electron chi connectivity index (χ1n) is 7.32. The number of hydrogen-bond acceptors (Lipinski definition) is 4. The molecule has 20 heavy (non-hydrogen) atoms. The van der Waals surface area contributed by atoms with Gasteiger partial charge in [-0.15, -0.1) is 0 Å². The molecule has 4 heteroatoms. The molecule has 0 amide bonds. The number of ether oxygens (including phenoxy) is 2. The molecule has 2 aliphatic rings. The van der Waals surface area contributed by atoms with E-state index in [-0.39, 0.29) is 0 Å². The molecule has 2 N–H and O–H groups in total. The number of fused-ring (bicyclic) bond motifs is 1. The Kier molecular flexibility index (Phi) is 3.18. The molecule has 1 aromatic carbocycles. The zero-order valence-electron chi connectivity index (χ0n) is 12.8. The lowest BCUT2D eigenvalue weighted by molar-refractivity contribution is -0.0431. The van der Waals surface area contributed by atoms with Crippen LogP contribution in [0.5, 0.6) is 11.5 Å². The summed E-state index contributed by atoms with van der Waals surface area (Å²) in [5, 5.41) is 0. The maximum atomic E-state index is 5.87. The summed E-state index contributed by atoms with van der Waals surface area (Å²) < 4.78 is 11.7. The maximum Gasteiger partial charge on any atom is 0.246 e. The first-order chi connectivity index (χ1) is 9.39. The van der Waals surface area contributed by atoms with Gasteiger partial charge in [0.25, 0.3) is 0 Å². The molecule has 110 valence electrons. The van der Waals surface area contributed by atoms with Crippen molar-refractivity contribution in [2.45, 2.75) is 39.0 Å². The SMILES string of the molecule is Cc1cc2c(cc1C1CC(CN)CN1C)OC(C)(C)O2. The molecule has 2 heterocycles. The summed E-state index contributed by atoms with van der Waals surface area (Å²) in [6, 6.07) is 4.68. The van der Waals surface area contributed by atoms with E-state index < -0.39 is 5.79 Å². The van der Waals surface area contributed by atoms with E-state index in [4.69, 9.17) is 15.2 Å². The number of hydrogen-bond donors (Lipinski definition) is 1. The van der Waals surface area contributed by atoms with Crippen molar-refractivity contribution in [2.75, 3.05) is 20.1 Å². The fourth-order valence-corrected chi connectivity index (χ4v) is 3.39. The molecular formula is C16H24N2O2. The fraction of sp³-hybridized carbons (Fsp3) is 0.625. The lowest BCUT2D eigenvalue weighted by Gasteiger charge is -2.21. The van der Waals surface area contributed by atoms with E-state index in [1.165, 1.54) is 11.1 Å². The number of benzene rings is 1. The van der Waals surface area contributed by atoms with Crippen molar-refractivity contribution in [1.82, 2.24) is 4.90 Å². The number of rotatable bonds is 2. The van der Waals surface area contributed by atoms with Gasteiger partial charge in [0.1, 0.15) is 0 Å². The van der Waals surface area contributed by atoms with Crippen LogP contribution >= 0.6 is 0 Å². The van der Waals surface area contributed by atoms with E-state index >= 15 is 0 Å². The van der Waals surface area contributed by atoms with Crippen LogP contribution in [0.3, 0.4) is 0 Å². The van der Waals surface area contributed by atoms with Crippen LogP contribution in [-0.4, -0.2) is 30.8 Å².